The van der Waals surface area contributed by atoms with Gasteiger partial charge in [0, 0.05) is 42.1 Å². The molecular formula is C31H34N4O4. The van der Waals surface area contributed by atoms with Crippen molar-refractivity contribution in [1.82, 2.24) is 14.5 Å². The summed E-state index contributed by atoms with van der Waals surface area (Å²) in [4.78, 5) is 35.7. The number of rotatable bonds is 6. The fraction of sp³-hybridized carbons (Fsp3) is 0.355. The van der Waals surface area contributed by atoms with E-state index in [-0.39, 0.29) is 0 Å². The average Bonchev–Trinajstić information content (AvgIpc) is 3.25. The van der Waals surface area contributed by atoms with E-state index in [0.29, 0.717) is 18.1 Å². The van der Waals surface area contributed by atoms with Crippen LogP contribution >= 0.6 is 0 Å². The van der Waals surface area contributed by atoms with Crippen LogP contribution in [0.1, 0.15) is 59.6 Å². The summed E-state index contributed by atoms with van der Waals surface area (Å²) >= 11 is 0. The lowest BCUT2D eigenvalue weighted by Crippen LogP contribution is -2.32. The zero-order valence-electron chi connectivity index (χ0n) is 23.5. The van der Waals surface area contributed by atoms with Crippen LogP contribution in [0.15, 0.2) is 42.7 Å². The highest BCUT2D eigenvalue weighted by molar-refractivity contribution is 6.08. The topological polar surface area (TPSA) is 86.5 Å². The van der Waals surface area contributed by atoms with Crippen molar-refractivity contribution in [2.24, 2.45) is 0 Å². The van der Waals surface area contributed by atoms with Crippen molar-refractivity contribution in [1.29, 1.82) is 0 Å². The third-order valence-electron chi connectivity index (χ3n) is 7.17. The summed E-state index contributed by atoms with van der Waals surface area (Å²) < 4.78 is 14.1. The van der Waals surface area contributed by atoms with Gasteiger partial charge in [0.25, 0.3) is 0 Å². The molecule has 202 valence electrons. The van der Waals surface area contributed by atoms with E-state index in [2.05, 4.69) is 63.6 Å². The molecule has 1 aliphatic heterocycles. The Labute approximate surface area is 228 Å². The first-order valence-electron chi connectivity index (χ1n) is 13.1. The molecule has 0 radical (unpaired) electrons. The quantitative estimate of drug-likeness (QED) is 0.224. The highest BCUT2D eigenvalue weighted by Gasteiger charge is 2.37. The molecule has 0 saturated heterocycles. The molecular weight excluding hydrogens is 492 g/mol. The number of carbonyl (C=O) groups excluding carboxylic acids is 2. The normalized spacial score (nSPS) is 14.0. The molecule has 39 heavy (non-hydrogen) atoms. The van der Waals surface area contributed by atoms with Crippen molar-refractivity contribution in [3.05, 3.63) is 70.7 Å². The summed E-state index contributed by atoms with van der Waals surface area (Å²) in [5.41, 5.74) is 7.64. The third kappa shape index (κ3) is 4.69. The molecule has 3 heterocycles. The predicted molar refractivity (Wildman–Crippen MR) is 152 cm³/mol. The Bertz CT molecular complexity index is 1560. The summed E-state index contributed by atoms with van der Waals surface area (Å²) in [6.07, 6.45) is 2.83. The van der Waals surface area contributed by atoms with E-state index >= 15 is 0 Å². The van der Waals surface area contributed by atoms with Crippen LogP contribution in [-0.2, 0) is 20.8 Å². The Balaban J connectivity index is 1.89. The van der Waals surface area contributed by atoms with Gasteiger partial charge >= 0.3 is 5.97 Å². The summed E-state index contributed by atoms with van der Waals surface area (Å²) in [7, 11) is 1.39. The van der Waals surface area contributed by atoms with Crippen LogP contribution in [0.2, 0.25) is 0 Å². The summed E-state index contributed by atoms with van der Waals surface area (Å²) in [5, 5.41) is 1.02. The molecule has 0 fully saturated rings. The van der Waals surface area contributed by atoms with Crippen molar-refractivity contribution in [3.63, 3.8) is 0 Å². The standard InChI is InChI=1S/C31H34N4O4/c1-18-8-10-22(11-9-18)25-23-14-19(2)34-12-13-35(30-32-15-21(17-36)16-33-30)26(27(23)34)20(3)24(25)28(29(37)38-7)39-31(4,5)6/h8-11,14-17,28H,12-13H2,1-7H3/t28-/m0/s1. The van der Waals surface area contributed by atoms with Crippen LogP contribution < -0.4 is 4.90 Å². The molecule has 4 aromatic rings. The van der Waals surface area contributed by atoms with Crippen molar-refractivity contribution >= 4 is 34.8 Å². The first-order valence-corrected chi connectivity index (χ1v) is 13.1. The Kier molecular flexibility index (Phi) is 6.76. The molecule has 0 unspecified atom stereocenters. The molecule has 0 spiro atoms. The molecule has 0 amide bonds. The van der Waals surface area contributed by atoms with E-state index in [1.807, 2.05) is 27.7 Å². The van der Waals surface area contributed by atoms with E-state index in [4.69, 9.17) is 9.47 Å². The molecule has 8 heteroatoms. The monoisotopic (exact) mass is 526 g/mol. The number of esters is 1. The molecule has 2 aromatic heterocycles. The second kappa shape index (κ2) is 9.93. The number of ether oxygens (including phenoxy) is 2. The van der Waals surface area contributed by atoms with Gasteiger partial charge in [0.05, 0.1) is 29.5 Å². The Morgan fingerprint density at radius 2 is 1.72 bits per heavy atom. The Morgan fingerprint density at radius 1 is 1.05 bits per heavy atom. The minimum absolute atomic E-state index is 0.414. The fourth-order valence-corrected chi connectivity index (χ4v) is 5.47. The summed E-state index contributed by atoms with van der Waals surface area (Å²) in [5.74, 6) is 0.0357. The second-order valence-electron chi connectivity index (χ2n) is 11.0. The van der Waals surface area contributed by atoms with Gasteiger partial charge in [-0.3, -0.25) is 4.79 Å². The minimum atomic E-state index is -0.960. The van der Waals surface area contributed by atoms with Gasteiger partial charge in [0.2, 0.25) is 5.95 Å². The minimum Gasteiger partial charge on any atom is -0.467 e. The van der Waals surface area contributed by atoms with Gasteiger partial charge in [-0.1, -0.05) is 29.8 Å². The molecule has 0 bridgehead atoms. The zero-order chi connectivity index (χ0) is 28.1. The van der Waals surface area contributed by atoms with Crippen LogP contribution in [0.4, 0.5) is 11.6 Å². The maximum Gasteiger partial charge on any atom is 0.339 e. The number of hydrogen-bond acceptors (Lipinski definition) is 7. The zero-order valence-corrected chi connectivity index (χ0v) is 23.5. The number of nitrogens with zero attached hydrogens (tertiary/aromatic N) is 4. The van der Waals surface area contributed by atoms with Gasteiger partial charge in [-0.2, -0.15) is 0 Å². The van der Waals surface area contributed by atoms with Crippen LogP contribution in [0.5, 0.6) is 0 Å². The van der Waals surface area contributed by atoms with E-state index < -0.39 is 17.7 Å². The highest BCUT2D eigenvalue weighted by atomic mass is 16.6. The number of methoxy groups -OCH3 is 1. The maximum absolute atomic E-state index is 13.4. The molecule has 0 saturated carbocycles. The number of hydrogen-bond donors (Lipinski definition) is 0. The largest absolute Gasteiger partial charge is 0.467 e. The number of carbonyl (C=O) groups is 2. The molecule has 8 nitrogen and oxygen atoms in total. The van der Waals surface area contributed by atoms with Crippen LogP contribution in [0.3, 0.4) is 0 Å². The van der Waals surface area contributed by atoms with Crippen molar-refractivity contribution < 1.29 is 19.1 Å². The summed E-state index contributed by atoms with van der Waals surface area (Å²) in [6.45, 7) is 13.4. The number of anilines is 2. The highest BCUT2D eigenvalue weighted by Crippen LogP contribution is 2.49. The first-order chi connectivity index (χ1) is 18.5. The molecule has 0 aliphatic carbocycles. The smallest absolute Gasteiger partial charge is 0.339 e. The lowest BCUT2D eigenvalue weighted by Gasteiger charge is -2.35. The molecule has 1 atom stereocenters. The Hall–Kier alpha value is -4.04. The molecule has 1 aliphatic rings. The number of aryl methyl sites for hydroxylation is 2. The molecule has 2 aromatic carbocycles. The van der Waals surface area contributed by atoms with Gasteiger partial charge in [0.15, 0.2) is 12.4 Å². The van der Waals surface area contributed by atoms with Crippen molar-refractivity contribution in [2.75, 3.05) is 18.6 Å². The van der Waals surface area contributed by atoms with Crippen LogP contribution in [-0.4, -0.2) is 46.0 Å². The lowest BCUT2D eigenvalue weighted by atomic mass is 9.87. The summed E-state index contributed by atoms with van der Waals surface area (Å²) in [6, 6.07) is 10.5. The second-order valence-corrected chi connectivity index (χ2v) is 11.0. The number of aldehydes is 1. The molecule has 0 N–H and O–H groups in total. The van der Waals surface area contributed by atoms with Gasteiger partial charge in [0.1, 0.15) is 0 Å². The third-order valence-corrected chi connectivity index (χ3v) is 7.17. The van der Waals surface area contributed by atoms with Crippen molar-refractivity contribution in [3.8, 4) is 11.1 Å². The van der Waals surface area contributed by atoms with E-state index in [1.165, 1.54) is 19.5 Å². The predicted octanol–water partition coefficient (Wildman–Crippen LogP) is 6.02. The Morgan fingerprint density at radius 3 is 2.31 bits per heavy atom. The van der Waals surface area contributed by atoms with Gasteiger partial charge in [-0.05, 0) is 64.3 Å². The molecule has 5 rings (SSSR count). The van der Waals surface area contributed by atoms with Gasteiger partial charge in [-0.25, -0.2) is 14.8 Å². The fourth-order valence-electron chi connectivity index (χ4n) is 5.47. The SMILES string of the molecule is COC(=O)[C@@H](OC(C)(C)C)c1c(C)c2c3c(cc(C)n3CCN2c2ncc(C=O)cn2)c1-c1ccc(C)cc1. The number of benzene rings is 2. The average molecular weight is 527 g/mol. The van der Waals surface area contributed by atoms with Crippen LogP contribution in [0.25, 0.3) is 22.0 Å². The maximum atomic E-state index is 13.4. The van der Waals surface area contributed by atoms with Gasteiger partial charge < -0.3 is 18.9 Å². The number of aromatic nitrogens is 3. The van der Waals surface area contributed by atoms with E-state index in [9.17, 15) is 9.59 Å². The first kappa shape index (κ1) is 26.6. The van der Waals surface area contributed by atoms with Crippen molar-refractivity contribution in [2.45, 2.75) is 59.8 Å². The lowest BCUT2D eigenvalue weighted by molar-refractivity contribution is -0.164. The van der Waals surface area contributed by atoms with E-state index in [0.717, 1.165) is 62.9 Å². The van der Waals surface area contributed by atoms with Gasteiger partial charge in [-0.15, -0.1) is 0 Å². The van der Waals surface area contributed by atoms with Crippen LogP contribution in [0, 0.1) is 20.8 Å². The van der Waals surface area contributed by atoms with E-state index in [1.54, 1.807) is 0 Å².